The summed E-state index contributed by atoms with van der Waals surface area (Å²) in [6, 6.07) is 13.1. The predicted octanol–water partition coefficient (Wildman–Crippen LogP) is 4.03. The van der Waals surface area contributed by atoms with Gasteiger partial charge in [-0.15, -0.1) is 0 Å². The highest BCUT2D eigenvalue weighted by Gasteiger charge is 2.27. The number of carbonyl (C=O) groups excluding carboxylic acids is 2. The van der Waals surface area contributed by atoms with E-state index in [0.717, 1.165) is 17.7 Å². The third-order valence-corrected chi connectivity index (χ3v) is 5.27. The van der Waals surface area contributed by atoms with Crippen molar-refractivity contribution >= 4 is 17.4 Å². The normalized spacial score (nSPS) is 14.6. The van der Waals surface area contributed by atoms with E-state index in [-0.39, 0.29) is 6.10 Å². The van der Waals surface area contributed by atoms with Gasteiger partial charge >= 0.3 is 0 Å². The number of hydrogen-bond acceptors (Lipinski definition) is 5. The first-order chi connectivity index (χ1) is 14.9. The second-order valence-corrected chi connectivity index (χ2v) is 7.60. The van der Waals surface area contributed by atoms with Crippen LogP contribution in [0.1, 0.15) is 41.2 Å². The second-order valence-electron chi connectivity index (χ2n) is 7.60. The molecule has 0 unspecified atom stereocenters. The van der Waals surface area contributed by atoms with Crippen LogP contribution in [0.5, 0.6) is 11.5 Å². The van der Waals surface area contributed by atoms with E-state index in [2.05, 4.69) is 10.4 Å². The second kappa shape index (κ2) is 8.26. The molecule has 3 aromatic rings. The Kier molecular flexibility index (Phi) is 5.50. The number of Topliss-reactive ketones (excluding diaryl/α,β-unsaturated/α-hetero) is 1. The molecular formula is C24H25N3O4. The van der Waals surface area contributed by atoms with E-state index in [0.29, 0.717) is 40.7 Å². The maximum absolute atomic E-state index is 13.1. The molecule has 1 atom stereocenters. The Labute approximate surface area is 181 Å². The molecule has 0 radical (unpaired) electrons. The number of nitrogens with zero attached hydrogens (tertiary/aromatic N) is 2. The first-order valence-corrected chi connectivity index (χ1v) is 10.3. The Morgan fingerprint density at radius 3 is 2.68 bits per heavy atom. The van der Waals surface area contributed by atoms with Crippen molar-refractivity contribution in [1.29, 1.82) is 0 Å². The lowest BCUT2D eigenvalue weighted by Gasteiger charge is -2.13. The molecule has 0 spiro atoms. The summed E-state index contributed by atoms with van der Waals surface area (Å²) in [5.74, 6) is -0.170. The number of rotatable bonds is 6. The molecule has 2 heterocycles. The summed E-state index contributed by atoms with van der Waals surface area (Å²) in [4.78, 5) is 25.9. The van der Waals surface area contributed by atoms with Crippen molar-refractivity contribution in [3.8, 4) is 17.2 Å². The topological polar surface area (TPSA) is 82.5 Å². The van der Waals surface area contributed by atoms with Crippen LogP contribution in [0.25, 0.3) is 5.69 Å². The minimum absolute atomic E-state index is 0.0613. The van der Waals surface area contributed by atoms with Crippen molar-refractivity contribution in [2.45, 2.75) is 40.2 Å². The van der Waals surface area contributed by atoms with Crippen molar-refractivity contribution in [3.63, 3.8) is 0 Å². The third-order valence-electron chi connectivity index (χ3n) is 5.27. The molecule has 160 valence electrons. The highest BCUT2D eigenvalue weighted by Crippen LogP contribution is 2.38. The van der Waals surface area contributed by atoms with Gasteiger partial charge in [-0.05, 0) is 45.9 Å². The van der Waals surface area contributed by atoms with Gasteiger partial charge in [0.25, 0.3) is 11.7 Å². The number of amides is 1. The number of ketones is 1. The number of fused-ring (bicyclic) bond motifs is 1. The van der Waals surface area contributed by atoms with Gasteiger partial charge in [0.15, 0.2) is 0 Å². The van der Waals surface area contributed by atoms with E-state index < -0.39 is 11.7 Å². The standard InChI is InChI=1S/C24H25N3O4/c1-5-30-21-12-17-11-14(2)31-20(17)13-19(21)25-24(29)23(28)22-15(3)26-27(16(22)4)18-9-7-6-8-10-18/h6-10,12-14H,5,11H2,1-4H3,(H,25,29)/t14-/m0/s1. The first-order valence-electron chi connectivity index (χ1n) is 10.3. The molecule has 0 fully saturated rings. The molecule has 1 aromatic heterocycles. The zero-order valence-corrected chi connectivity index (χ0v) is 18.1. The monoisotopic (exact) mass is 419 g/mol. The van der Waals surface area contributed by atoms with Gasteiger partial charge in [-0.1, -0.05) is 18.2 Å². The molecule has 1 amide bonds. The Morgan fingerprint density at radius 2 is 1.97 bits per heavy atom. The van der Waals surface area contributed by atoms with Crippen LogP contribution in [0.2, 0.25) is 0 Å². The number of ether oxygens (including phenoxy) is 2. The van der Waals surface area contributed by atoms with Crippen LogP contribution in [0, 0.1) is 13.8 Å². The van der Waals surface area contributed by atoms with E-state index in [4.69, 9.17) is 9.47 Å². The maximum atomic E-state index is 13.1. The minimum atomic E-state index is -0.745. The van der Waals surface area contributed by atoms with E-state index in [1.54, 1.807) is 24.6 Å². The summed E-state index contributed by atoms with van der Waals surface area (Å²) in [7, 11) is 0. The van der Waals surface area contributed by atoms with E-state index in [1.165, 1.54) is 0 Å². The van der Waals surface area contributed by atoms with Crippen LogP contribution in [0.3, 0.4) is 0 Å². The molecule has 4 rings (SSSR count). The lowest BCUT2D eigenvalue weighted by Crippen LogP contribution is -2.24. The smallest absolute Gasteiger partial charge is 0.297 e. The van der Waals surface area contributed by atoms with Crippen LogP contribution in [-0.2, 0) is 11.2 Å². The van der Waals surface area contributed by atoms with Crippen LogP contribution in [-0.4, -0.2) is 34.2 Å². The van der Waals surface area contributed by atoms with Gasteiger partial charge in [-0.25, -0.2) is 4.68 Å². The highest BCUT2D eigenvalue weighted by atomic mass is 16.5. The number of para-hydroxylation sites is 1. The zero-order valence-electron chi connectivity index (χ0n) is 18.1. The van der Waals surface area contributed by atoms with Gasteiger partial charge in [0.2, 0.25) is 0 Å². The largest absolute Gasteiger partial charge is 0.492 e. The fourth-order valence-electron chi connectivity index (χ4n) is 3.90. The lowest BCUT2D eigenvalue weighted by molar-refractivity contribution is -0.112. The molecule has 2 aromatic carbocycles. The molecule has 7 nitrogen and oxygen atoms in total. The molecule has 7 heteroatoms. The van der Waals surface area contributed by atoms with Crippen LogP contribution >= 0.6 is 0 Å². The van der Waals surface area contributed by atoms with Crippen LogP contribution in [0.15, 0.2) is 42.5 Å². The fourth-order valence-corrected chi connectivity index (χ4v) is 3.90. The summed E-state index contributed by atoms with van der Waals surface area (Å²) in [5.41, 5.74) is 3.67. The number of anilines is 1. The summed E-state index contributed by atoms with van der Waals surface area (Å²) < 4.78 is 13.2. The summed E-state index contributed by atoms with van der Waals surface area (Å²) in [5, 5.41) is 7.18. The van der Waals surface area contributed by atoms with Crippen LogP contribution < -0.4 is 14.8 Å². The Hall–Kier alpha value is -3.61. The summed E-state index contributed by atoms with van der Waals surface area (Å²) in [6.45, 7) is 7.80. The molecule has 0 bridgehead atoms. The molecular weight excluding hydrogens is 394 g/mol. The predicted molar refractivity (Wildman–Crippen MR) is 117 cm³/mol. The fraction of sp³-hybridized carbons (Fsp3) is 0.292. The molecule has 1 aliphatic rings. The van der Waals surface area contributed by atoms with Gasteiger partial charge < -0.3 is 14.8 Å². The van der Waals surface area contributed by atoms with Crippen molar-refractivity contribution in [2.75, 3.05) is 11.9 Å². The molecule has 0 saturated heterocycles. The number of carbonyl (C=O) groups is 2. The molecule has 31 heavy (non-hydrogen) atoms. The molecule has 1 aliphatic heterocycles. The number of hydrogen-bond donors (Lipinski definition) is 1. The van der Waals surface area contributed by atoms with Gasteiger partial charge in [-0.2, -0.15) is 5.10 Å². The number of aryl methyl sites for hydroxylation is 1. The lowest BCUT2D eigenvalue weighted by atomic mass is 10.1. The summed E-state index contributed by atoms with van der Waals surface area (Å²) in [6.07, 6.45) is 0.839. The van der Waals surface area contributed by atoms with Crippen LogP contribution in [0.4, 0.5) is 5.69 Å². The Balaban J connectivity index is 1.63. The molecule has 1 N–H and O–H groups in total. The minimum Gasteiger partial charge on any atom is -0.492 e. The molecule has 0 aliphatic carbocycles. The zero-order chi connectivity index (χ0) is 22.1. The highest BCUT2D eigenvalue weighted by molar-refractivity contribution is 6.47. The SMILES string of the molecule is CCOc1cc2c(cc1NC(=O)C(=O)c1c(C)nn(-c3ccccc3)c1C)O[C@@H](C)C2. The summed E-state index contributed by atoms with van der Waals surface area (Å²) >= 11 is 0. The first kappa shape index (κ1) is 20.7. The Morgan fingerprint density at radius 1 is 1.23 bits per heavy atom. The Bertz CT molecular complexity index is 1150. The average molecular weight is 419 g/mol. The van der Waals surface area contributed by atoms with Gasteiger partial charge in [-0.3, -0.25) is 9.59 Å². The van der Waals surface area contributed by atoms with Gasteiger partial charge in [0.1, 0.15) is 17.6 Å². The number of benzene rings is 2. The van der Waals surface area contributed by atoms with Crippen molar-refractivity contribution in [3.05, 3.63) is 65.0 Å². The number of aromatic nitrogens is 2. The van der Waals surface area contributed by atoms with E-state index in [9.17, 15) is 9.59 Å². The quantitative estimate of drug-likeness (QED) is 0.482. The third kappa shape index (κ3) is 3.91. The van der Waals surface area contributed by atoms with E-state index in [1.807, 2.05) is 50.2 Å². The van der Waals surface area contributed by atoms with Gasteiger partial charge in [0, 0.05) is 18.1 Å². The van der Waals surface area contributed by atoms with Crippen molar-refractivity contribution in [2.24, 2.45) is 0 Å². The van der Waals surface area contributed by atoms with E-state index >= 15 is 0 Å². The molecule has 0 saturated carbocycles. The number of nitrogens with one attached hydrogen (secondary N) is 1. The maximum Gasteiger partial charge on any atom is 0.297 e. The average Bonchev–Trinajstić information content (AvgIpc) is 3.25. The van der Waals surface area contributed by atoms with Crippen molar-refractivity contribution < 1.29 is 19.1 Å². The van der Waals surface area contributed by atoms with Gasteiger partial charge in [0.05, 0.1) is 34.9 Å². The van der Waals surface area contributed by atoms with Crippen molar-refractivity contribution in [1.82, 2.24) is 9.78 Å².